The van der Waals surface area contributed by atoms with Gasteiger partial charge in [0.05, 0.1) is 5.39 Å². The molecular formula is C14H21N3OS. The van der Waals surface area contributed by atoms with Crippen molar-refractivity contribution in [2.24, 2.45) is 5.92 Å². The highest BCUT2D eigenvalue weighted by Crippen LogP contribution is 2.27. The molecule has 0 bridgehead atoms. The highest BCUT2D eigenvalue weighted by Gasteiger charge is 2.05. The van der Waals surface area contributed by atoms with Gasteiger partial charge >= 0.3 is 0 Å². The number of aryl methyl sites for hydroxylation is 1. The van der Waals surface area contributed by atoms with Gasteiger partial charge < -0.3 is 10.1 Å². The Morgan fingerprint density at radius 3 is 3.00 bits per heavy atom. The molecule has 0 aromatic carbocycles. The van der Waals surface area contributed by atoms with Gasteiger partial charge in [-0.2, -0.15) is 0 Å². The zero-order chi connectivity index (χ0) is 13.7. The lowest BCUT2D eigenvalue weighted by molar-refractivity contribution is 0.110. The first-order valence-electron chi connectivity index (χ1n) is 6.69. The summed E-state index contributed by atoms with van der Waals surface area (Å²) in [4.78, 5) is 10.9. The lowest BCUT2D eigenvalue weighted by Crippen LogP contribution is -2.09. The summed E-state index contributed by atoms with van der Waals surface area (Å²) in [6, 6.07) is 2.14. The van der Waals surface area contributed by atoms with Crippen molar-refractivity contribution in [1.82, 2.24) is 9.97 Å². The van der Waals surface area contributed by atoms with Crippen LogP contribution in [0.3, 0.4) is 0 Å². The zero-order valence-electron chi connectivity index (χ0n) is 11.8. The zero-order valence-corrected chi connectivity index (χ0v) is 12.6. The van der Waals surface area contributed by atoms with Crippen LogP contribution in [0.4, 0.5) is 5.82 Å². The third-order valence-electron chi connectivity index (χ3n) is 2.66. The van der Waals surface area contributed by atoms with Gasteiger partial charge in [-0.3, -0.25) is 0 Å². The summed E-state index contributed by atoms with van der Waals surface area (Å²) < 4.78 is 5.55. The predicted molar refractivity (Wildman–Crippen MR) is 80.9 cm³/mol. The standard InChI is InChI=1S/C14H21N3OS/c1-10(2)8-18-6-4-5-15-13-12-7-11(3)19-14(12)17-9-16-13/h7,9-10H,4-6,8H2,1-3H3,(H,15,16,17). The maximum absolute atomic E-state index is 5.55. The molecule has 0 aliphatic carbocycles. The molecule has 2 aromatic heterocycles. The molecule has 0 atom stereocenters. The maximum Gasteiger partial charge on any atom is 0.138 e. The number of fused-ring (bicyclic) bond motifs is 1. The molecule has 1 N–H and O–H groups in total. The van der Waals surface area contributed by atoms with E-state index in [0.29, 0.717) is 5.92 Å². The average Bonchev–Trinajstić information content (AvgIpc) is 2.74. The lowest BCUT2D eigenvalue weighted by atomic mass is 10.2. The van der Waals surface area contributed by atoms with E-state index in [1.165, 1.54) is 4.88 Å². The minimum absolute atomic E-state index is 0.600. The van der Waals surface area contributed by atoms with Crippen LogP contribution in [-0.2, 0) is 4.74 Å². The van der Waals surface area contributed by atoms with E-state index in [2.05, 4.69) is 42.1 Å². The first kappa shape index (κ1) is 14.2. The Kier molecular flexibility index (Phi) is 5.10. The molecule has 0 aliphatic heterocycles. The summed E-state index contributed by atoms with van der Waals surface area (Å²) >= 11 is 1.70. The van der Waals surface area contributed by atoms with Crippen molar-refractivity contribution >= 4 is 27.4 Å². The fraction of sp³-hybridized carbons (Fsp3) is 0.571. The van der Waals surface area contributed by atoms with Crippen LogP contribution >= 0.6 is 11.3 Å². The van der Waals surface area contributed by atoms with Crippen LogP contribution in [0.5, 0.6) is 0 Å². The van der Waals surface area contributed by atoms with Gasteiger partial charge in [-0.1, -0.05) is 13.8 Å². The van der Waals surface area contributed by atoms with Crippen LogP contribution in [0.15, 0.2) is 12.4 Å². The van der Waals surface area contributed by atoms with Crippen molar-refractivity contribution in [3.05, 3.63) is 17.3 Å². The number of anilines is 1. The third-order valence-corrected chi connectivity index (χ3v) is 3.62. The Hall–Kier alpha value is -1.20. The SMILES string of the molecule is Cc1cc2c(NCCCOCC(C)C)ncnc2s1. The molecule has 2 rings (SSSR count). The van der Waals surface area contributed by atoms with Crippen molar-refractivity contribution < 1.29 is 4.74 Å². The number of aromatic nitrogens is 2. The maximum atomic E-state index is 5.55. The Balaban J connectivity index is 1.81. The van der Waals surface area contributed by atoms with Gasteiger partial charge in [-0.25, -0.2) is 9.97 Å². The minimum Gasteiger partial charge on any atom is -0.381 e. The van der Waals surface area contributed by atoms with Gasteiger partial charge in [0.1, 0.15) is 17.0 Å². The van der Waals surface area contributed by atoms with Crippen LogP contribution in [0.1, 0.15) is 25.1 Å². The largest absolute Gasteiger partial charge is 0.381 e. The van der Waals surface area contributed by atoms with Gasteiger partial charge in [0.2, 0.25) is 0 Å². The van der Waals surface area contributed by atoms with Crippen molar-refractivity contribution in [3.63, 3.8) is 0 Å². The second-order valence-electron chi connectivity index (χ2n) is 5.05. The summed E-state index contributed by atoms with van der Waals surface area (Å²) in [5.41, 5.74) is 0. The van der Waals surface area contributed by atoms with E-state index in [0.717, 1.165) is 42.2 Å². The number of ether oxygens (including phenoxy) is 1. The molecule has 0 spiro atoms. The summed E-state index contributed by atoms with van der Waals surface area (Å²) in [6.45, 7) is 8.92. The normalized spacial score (nSPS) is 11.4. The molecule has 4 nitrogen and oxygen atoms in total. The van der Waals surface area contributed by atoms with E-state index in [4.69, 9.17) is 4.74 Å². The quantitative estimate of drug-likeness (QED) is 0.788. The molecule has 2 heterocycles. The second kappa shape index (κ2) is 6.82. The molecule has 2 aromatic rings. The number of hydrogen-bond donors (Lipinski definition) is 1. The summed E-state index contributed by atoms with van der Waals surface area (Å²) in [7, 11) is 0. The molecule has 104 valence electrons. The van der Waals surface area contributed by atoms with Crippen LogP contribution in [0.25, 0.3) is 10.2 Å². The van der Waals surface area contributed by atoms with Crippen LogP contribution in [0.2, 0.25) is 0 Å². The number of thiophene rings is 1. The molecule has 0 amide bonds. The molecule has 5 heteroatoms. The van der Waals surface area contributed by atoms with Gasteiger partial charge in [0.25, 0.3) is 0 Å². The molecule has 0 radical (unpaired) electrons. The van der Waals surface area contributed by atoms with E-state index in [9.17, 15) is 0 Å². The fourth-order valence-electron chi connectivity index (χ4n) is 1.82. The molecule has 0 fully saturated rings. The first-order chi connectivity index (χ1) is 9.16. The van der Waals surface area contributed by atoms with Gasteiger partial charge in [-0.05, 0) is 25.3 Å². The topological polar surface area (TPSA) is 47.0 Å². The van der Waals surface area contributed by atoms with Crippen molar-refractivity contribution in [1.29, 1.82) is 0 Å². The first-order valence-corrected chi connectivity index (χ1v) is 7.51. The molecule has 0 saturated heterocycles. The van der Waals surface area contributed by atoms with Gasteiger partial charge in [-0.15, -0.1) is 11.3 Å². The Labute approximate surface area is 118 Å². The van der Waals surface area contributed by atoms with E-state index in [-0.39, 0.29) is 0 Å². The predicted octanol–water partition coefficient (Wildman–Crippen LogP) is 3.47. The van der Waals surface area contributed by atoms with Crippen molar-refractivity contribution in [3.8, 4) is 0 Å². The summed E-state index contributed by atoms with van der Waals surface area (Å²) in [5.74, 6) is 1.53. The minimum atomic E-state index is 0.600. The Bertz CT molecular complexity index is 524. The van der Waals surface area contributed by atoms with Gasteiger partial charge in [0, 0.05) is 24.6 Å². The smallest absolute Gasteiger partial charge is 0.138 e. The lowest BCUT2D eigenvalue weighted by Gasteiger charge is -2.08. The highest BCUT2D eigenvalue weighted by molar-refractivity contribution is 7.18. The number of hydrogen-bond acceptors (Lipinski definition) is 5. The molecule has 19 heavy (non-hydrogen) atoms. The van der Waals surface area contributed by atoms with E-state index < -0.39 is 0 Å². The van der Waals surface area contributed by atoms with Crippen molar-refractivity contribution in [2.75, 3.05) is 25.1 Å². The van der Waals surface area contributed by atoms with Crippen LogP contribution in [0, 0.1) is 12.8 Å². The number of nitrogens with one attached hydrogen (secondary N) is 1. The van der Waals surface area contributed by atoms with Crippen LogP contribution in [-0.4, -0.2) is 29.7 Å². The molecular weight excluding hydrogens is 258 g/mol. The van der Waals surface area contributed by atoms with Crippen LogP contribution < -0.4 is 5.32 Å². The van der Waals surface area contributed by atoms with Gasteiger partial charge in [0.15, 0.2) is 0 Å². The highest BCUT2D eigenvalue weighted by atomic mass is 32.1. The van der Waals surface area contributed by atoms with E-state index in [1.807, 2.05) is 0 Å². The second-order valence-corrected chi connectivity index (χ2v) is 6.28. The van der Waals surface area contributed by atoms with Crippen molar-refractivity contribution in [2.45, 2.75) is 27.2 Å². The third kappa shape index (κ3) is 4.14. The Morgan fingerprint density at radius 2 is 2.21 bits per heavy atom. The molecule has 0 saturated carbocycles. The molecule has 0 unspecified atom stereocenters. The summed E-state index contributed by atoms with van der Waals surface area (Å²) in [5, 5.41) is 4.48. The number of nitrogens with zero attached hydrogens (tertiary/aromatic N) is 2. The fourth-order valence-corrected chi connectivity index (χ4v) is 2.66. The summed E-state index contributed by atoms with van der Waals surface area (Å²) in [6.07, 6.45) is 2.61. The van der Waals surface area contributed by atoms with E-state index in [1.54, 1.807) is 17.7 Å². The van der Waals surface area contributed by atoms with E-state index >= 15 is 0 Å². The Morgan fingerprint density at radius 1 is 1.37 bits per heavy atom. The monoisotopic (exact) mass is 279 g/mol. The molecule has 0 aliphatic rings. The average molecular weight is 279 g/mol. The number of rotatable bonds is 7.